The standard InChI is InChI=1S/C21H23N3O2/c1-14(2)13-22-20(24-25)19-11-8-15(3)23-21(19)26-18-10-9-16-6-4-5-7-17(16)12-18/h4-12,14,25H,13H2,1-3H3,(H,22,24). The lowest BCUT2D eigenvalue weighted by Gasteiger charge is -2.13. The number of nitrogens with one attached hydrogen (secondary N) is 1. The highest BCUT2D eigenvalue weighted by Crippen LogP contribution is 2.27. The molecule has 26 heavy (non-hydrogen) atoms. The Balaban J connectivity index is 1.97. The summed E-state index contributed by atoms with van der Waals surface area (Å²) < 4.78 is 6.04. The molecule has 5 nitrogen and oxygen atoms in total. The molecular formula is C21H23N3O2. The van der Waals surface area contributed by atoms with Crippen LogP contribution in [0.3, 0.4) is 0 Å². The lowest BCUT2D eigenvalue weighted by atomic mass is 10.1. The zero-order valence-corrected chi connectivity index (χ0v) is 15.2. The molecule has 0 saturated carbocycles. The van der Waals surface area contributed by atoms with Gasteiger partial charge in [0.05, 0.1) is 5.56 Å². The van der Waals surface area contributed by atoms with Gasteiger partial charge in [0, 0.05) is 12.2 Å². The summed E-state index contributed by atoms with van der Waals surface area (Å²) in [5.74, 6) is 1.82. The van der Waals surface area contributed by atoms with Crippen LogP contribution in [0.15, 0.2) is 59.6 Å². The average Bonchev–Trinajstić information content (AvgIpc) is 2.63. The van der Waals surface area contributed by atoms with Gasteiger partial charge in [0.2, 0.25) is 5.88 Å². The van der Waals surface area contributed by atoms with Gasteiger partial charge < -0.3 is 4.74 Å². The molecule has 2 aromatic carbocycles. The number of rotatable bonds is 5. The van der Waals surface area contributed by atoms with Gasteiger partial charge in [0.15, 0.2) is 5.84 Å². The number of fused-ring (bicyclic) bond motifs is 1. The van der Waals surface area contributed by atoms with Gasteiger partial charge in [0.25, 0.3) is 0 Å². The van der Waals surface area contributed by atoms with Crippen molar-refractivity contribution in [3.05, 3.63) is 65.9 Å². The molecule has 0 saturated heterocycles. The molecule has 0 fully saturated rings. The van der Waals surface area contributed by atoms with Crippen LogP contribution >= 0.6 is 0 Å². The quantitative estimate of drug-likeness (QED) is 0.397. The molecule has 2 N–H and O–H groups in total. The van der Waals surface area contributed by atoms with Gasteiger partial charge in [-0.1, -0.05) is 44.2 Å². The predicted molar refractivity (Wildman–Crippen MR) is 104 cm³/mol. The molecule has 0 aliphatic carbocycles. The fourth-order valence-electron chi connectivity index (χ4n) is 2.59. The van der Waals surface area contributed by atoms with Crippen LogP contribution in [-0.4, -0.2) is 22.6 Å². The summed E-state index contributed by atoms with van der Waals surface area (Å²) in [6.07, 6.45) is 0. The van der Waals surface area contributed by atoms with E-state index in [4.69, 9.17) is 4.74 Å². The first kappa shape index (κ1) is 17.9. The van der Waals surface area contributed by atoms with Crippen molar-refractivity contribution < 1.29 is 9.94 Å². The number of ether oxygens (including phenoxy) is 1. The van der Waals surface area contributed by atoms with E-state index in [0.29, 0.717) is 35.5 Å². The van der Waals surface area contributed by atoms with Crippen LogP contribution < -0.4 is 10.2 Å². The summed E-state index contributed by atoms with van der Waals surface area (Å²) >= 11 is 0. The molecule has 1 heterocycles. The van der Waals surface area contributed by atoms with Crippen molar-refractivity contribution in [1.29, 1.82) is 0 Å². The molecule has 0 atom stereocenters. The van der Waals surface area contributed by atoms with E-state index in [1.54, 1.807) is 0 Å². The van der Waals surface area contributed by atoms with E-state index >= 15 is 0 Å². The first-order valence-corrected chi connectivity index (χ1v) is 8.66. The summed E-state index contributed by atoms with van der Waals surface area (Å²) in [5, 5.41) is 11.8. The van der Waals surface area contributed by atoms with Crippen LogP contribution in [0, 0.1) is 12.8 Å². The second kappa shape index (κ2) is 7.97. The zero-order chi connectivity index (χ0) is 18.5. The molecule has 1 aromatic heterocycles. The number of hydrogen-bond donors (Lipinski definition) is 2. The number of hydroxylamine groups is 1. The van der Waals surface area contributed by atoms with E-state index in [0.717, 1.165) is 16.5 Å². The smallest absolute Gasteiger partial charge is 0.230 e. The summed E-state index contributed by atoms with van der Waals surface area (Å²) in [6, 6.07) is 17.7. The van der Waals surface area contributed by atoms with Gasteiger partial charge in [-0.2, -0.15) is 0 Å². The normalized spacial score (nSPS) is 11.8. The molecule has 0 unspecified atom stereocenters. The van der Waals surface area contributed by atoms with Crippen molar-refractivity contribution in [3.63, 3.8) is 0 Å². The van der Waals surface area contributed by atoms with E-state index in [2.05, 4.69) is 35.4 Å². The number of amidine groups is 1. The fraction of sp³-hybridized carbons (Fsp3) is 0.238. The molecule has 3 aromatic rings. The van der Waals surface area contributed by atoms with Gasteiger partial charge in [-0.25, -0.2) is 4.98 Å². The largest absolute Gasteiger partial charge is 0.438 e. The lowest BCUT2D eigenvalue weighted by molar-refractivity contribution is 0.234. The van der Waals surface area contributed by atoms with Gasteiger partial charge in [-0.3, -0.25) is 15.7 Å². The van der Waals surface area contributed by atoms with Crippen LogP contribution in [0.2, 0.25) is 0 Å². The van der Waals surface area contributed by atoms with E-state index < -0.39 is 0 Å². The highest BCUT2D eigenvalue weighted by atomic mass is 16.5. The fourth-order valence-corrected chi connectivity index (χ4v) is 2.59. The Labute approximate surface area is 153 Å². The Bertz CT molecular complexity index is 935. The van der Waals surface area contributed by atoms with Gasteiger partial charge in [-0.05, 0) is 47.9 Å². The molecule has 0 spiro atoms. The van der Waals surface area contributed by atoms with Crippen molar-refractivity contribution in [2.75, 3.05) is 6.54 Å². The maximum absolute atomic E-state index is 9.53. The second-order valence-corrected chi connectivity index (χ2v) is 6.61. The maximum Gasteiger partial charge on any atom is 0.230 e. The molecular weight excluding hydrogens is 326 g/mol. The molecule has 0 radical (unpaired) electrons. The van der Waals surface area contributed by atoms with Crippen molar-refractivity contribution in [1.82, 2.24) is 10.5 Å². The SMILES string of the molecule is Cc1ccc(C(=NCC(C)C)NO)c(Oc2ccc3ccccc3c2)n1. The van der Waals surface area contributed by atoms with Crippen molar-refractivity contribution in [3.8, 4) is 11.6 Å². The molecule has 3 rings (SSSR count). The number of pyridine rings is 1. The minimum atomic E-state index is 0.349. The van der Waals surface area contributed by atoms with Crippen LogP contribution in [0.25, 0.3) is 10.8 Å². The van der Waals surface area contributed by atoms with Crippen LogP contribution in [-0.2, 0) is 0 Å². The second-order valence-electron chi connectivity index (χ2n) is 6.61. The monoisotopic (exact) mass is 349 g/mol. The molecule has 0 aliphatic rings. The third-order valence-corrected chi connectivity index (χ3v) is 3.91. The predicted octanol–water partition coefficient (Wildman–Crippen LogP) is 4.72. The third-order valence-electron chi connectivity index (χ3n) is 3.91. The number of aliphatic imine (C=N–C) groups is 1. The molecule has 0 bridgehead atoms. The first-order chi connectivity index (χ1) is 12.6. The Morgan fingerprint density at radius 2 is 1.88 bits per heavy atom. The molecule has 0 aliphatic heterocycles. The summed E-state index contributed by atoms with van der Waals surface area (Å²) in [7, 11) is 0. The number of aromatic nitrogens is 1. The Morgan fingerprint density at radius 1 is 1.12 bits per heavy atom. The lowest BCUT2D eigenvalue weighted by Crippen LogP contribution is -2.22. The molecule has 0 amide bonds. The van der Waals surface area contributed by atoms with Crippen LogP contribution in [0.5, 0.6) is 11.6 Å². The van der Waals surface area contributed by atoms with Gasteiger partial charge in [-0.15, -0.1) is 0 Å². The van der Waals surface area contributed by atoms with E-state index in [1.165, 1.54) is 0 Å². The van der Waals surface area contributed by atoms with Crippen molar-refractivity contribution in [2.45, 2.75) is 20.8 Å². The highest BCUT2D eigenvalue weighted by Gasteiger charge is 2.14. The number of benzene rings is 2. The number of aryl methyl sites for hydroxylation is 1. The van der Waals surface area contributed by atoms with E-state index in [1.807, 2.05) is 55.5 Å². The van der Waals surface area contributed by atoms with Crippen molar-refractivity contribution >= 4 is 16.6 Å². The topological polar surface area (TPSA) is 66.7 Å². The Hall–Kier alpha value is -2.92. The maximum atomic E-state index is 9.53. The third kappa shape index (κ3) is 4.18. The summed E-state index contributed by atoms with van der Waals surface area (Å²) in [6.45, 7) is 6.62. The van der Waals surface area contributed by atoms with Gasteiger partial charge >= 0.3 is 0 Å². The van der Waals surface area contributed by atoms with Gasteiger partial charge in [0.1, 0.15) is 5.75 Å². The highest BCUT2D eigenvalue weighted by molar-refractivity contribution is 6.00. The van der Waals surface area contributed by atoms with Crippen molar-refractivity contribution in [2.24, 2.45) is 10.9 Å². The molecule has 5 heteroatoms. The molecule has 134 valence electrons. The zero-order valence-electron chi connectivity index (χ0n) is 15.2. The summed E-state index contributed by atoms with van der Waals surface area (Å²) in [5.41, 5.74) is 3.62. The average molecular weight is 349 g/mol. The van der Waals surface area contributed by atoms with Crippen LogP contribution in [0.4, 0.5) is 0 Å². The minimum absolute atomic E-state index is 0.349. The Kier molecular flexibility index (Phi) is 5.49. The van der Waals surface area contributed by atoms with E-state index in [9.17, 15) is 5.21 Å². The van der Waals surface area contributed by atoms with Crippen LogP contribution in [0.1, 0.15) is 25.1 Å². The Morgan fingerprint density at radius 3 is 2.62 bits per heavy atom. The van der Waals surface area contributed by atoms with E-state index in [-0.39, 0.29) is 0 Å². The first-order valence-electron chi connectivity index (χ1n) is 8.66. The number of nitrogens with zero attached hydrogens (tertiary/aromatic N) is 2. The minimum Gasteiger partial charge on any atom is -0.438 e. The number of hydrogen-bond acceptors (Lipinski definition) is 4. The summed E-state index contributed by atoms with van der Waals surface area (Å²) in [4.78, 5) is 8.92.